The zero-order valence-corrected chi connectivity index (χ0v) is 18.7. The van der Waals surface area contributed by atoms with Gasteiger partial charge in [-0.1, -0.05) is 24.3 Å². The third-order valence-corrected chi connectivity index (χ3v) is 5.66. The molecule has 2 heterocycles. The maximum Gasteiger partial charge on any atom is 0.408 e. The molecule has 0 radical (unpaired) electrons. The molecule has 1 aromatic heterocycles. The van der Waals surface area contributed by atoms with Crippen molar-refractivity contribution in [1.29, 1.82) is 0 Å². The van der Waals surface area contributed by atoms with Gasteiger partial charge in [-0.05, 0) is 76.9 Å². The minimum Gasteiger partial charge on any atom is -0.444 e. The molecule has 1 fully saturated rings. The van der Waals surface area contributed by atoms with E-state index >= 15 is 0 Å². The number of fused-ring (bicyclic) bond motifs is 1. The molecule has 1 atom stereocenters. The number of nitrogens with zero attached hydrogens (tertiary/aromatic N) is 2. The Balaban J connectivity index is 1.77. The van der Waals surface area contributed by atoms with Crippen LogP contribution in [0, 0.1) is 11.7 Å². The molecule has 6 nitrogen and oxygen atoms in total. The van der Waals surface area contributed by atoms with E-state index in [1.165, 1.54) is 12.1 Å². The Hall–Kier alpha value is -3.06. The van der Waals surface area contributed by atoms with Crippen molar-refractivity contribution in [2.45, 2.75) is 45.3 Å². The summed E-state index contributed by atoms with van der Waals surface area (Å²) in [6, 6.07) is 13.8. The molecule has 1 aliphatic rings. The molecule has 0 spiro atoms. The summed E-state index contributed by atoms with van der Waals surface area (Å²) in [5.41, 5.74) is 1.61. The second-order valence-electron chi connectivity index (χ2n) is 9.20. The van der Waals surface area contributed by atoms with Crippen LogP contribution in [-0.2, 0) is 4.74 Å². The van der Waals surface area contributed by atoms with Gasteiger partial charge in [-0.2, -0.15) is 5.10 Å². The van der Waals surface area contributed by atoms with Crippen molar-refractivity contribution < 1.29 is 13.9 Å². The maximum absolute atomic E-state index is 13.4. The Bertz CT molecular complexity index is 1090. The molecule has 0 bridgehead atoms. The number of rotatable bonds is 4. The van der Waals surface area contributed by atoms with Crippen molar-refractivity contribution in [2.24, 2.45) is 5.92 Å². The van der Waals surface area contributed by atoms with Gasteiger partial charge in [-0.15, -0.1) is 5.10 Å². The van der Waals surface area contributed by atoms with Crippen molar-refractivity contribution in [2.75, 3.05) is 13.1 Å². The molecule has 0 saturated carbocycles. The van der Waals surface area contributed by atoms with E-state index in [2.05, 4.69) is 20.8 Å². The molecule has 1 amide bonds. The lowest BCUT2D eigenvalue weighted by molar-refractivity contribution is 0.0476. The molecule has 168 valence electrons. The van der Waals surface area contributed by atoms with Gasteiger partial charge in [0.15, 0.2) is 0 Å². The maximum atomic E-state index is 13.4. The van der Waals surface area contributed by atoms with Crippen molar-refractivity contribution in [3.05, 3.63) is 60.0 Å². The first-order valence-corrected chi connectivity index (χ1v) is 11.0. The molecular formula is C25H29FN4O2. The normalized spacial score (nSPS) is 16.0. The third kappa shape index (κ3) is 5.05. The average molecular weight is 437 g/mol. The van der Waals surface area contributed by atoms with Crippen molar-refractivity contribution >= 4 is 16.9 Å². The second kappa shape index (κ2) is 9.20. The molecule has 1 unspecified atom stereocenters. The summed E-state index contributed by atoms with van der Waals surface area (Å²) in [7, 11) is 0. The minimum atomic E-state index is -0.594. The molecule has 0 aliphatic carbocycles. The smallest absolute Gasteiger partial charge is 0.408 e. The first-order valence-electron chi connectivity index (χ1n) is 11.0. The Kier molecular flexibility index (Phi) is 6.37. The number of carbonyl (C=O) groups excluding carboxylic acids is 1. The van der Waals surface area contributed by atoms with Gasteiger partial charge >= 0.3 is 6.09 Å². The van der Waals surface area contributed by atoms with Crippen LogP contribution in [0.5, 0.6) is 0 Å². The number of halogens is 1. The highest BCUT2D eigenvalue weighted by molar-refractivity contribution is 5.95. The van der Waals surface area contributed by atoms with E-state index in [-0.39, 0.29) is 17.8 Å². The number of hydrogen-bond donors (Lipinski definition) is 2. The van der Waals surface area contributed by atoms with Crippen LogP contribution in [0.1, 0.15) is 45.3 Å². The van der Waals surface area contributed by atoms with Crippen LogP contribution >= 0.6 is 0 Å². The van der Waals surface area contributed by atoms with E-state index in [4.69, 9.17) is 4.74 Å². The SMILES string of the molecule is CC(C)(C)OC(=O)NC(c1nnc(-c2ccc(F)cc2)c2ccccc12)C1CCNCC1. The fourth-order valence-electron chi connectivity index (χ4n) is 4.20. The molecule has 7 heteroatoms. The van der Waals surface area contributed by atoms with Gasteiger partial charge in [0, 0.05) is 16.3 Å². The monoisotopic (exact) mass is 436 g/mol. The van der Waals surface area contributed by atoms with Gasteiger partial charge in [0.2, 0.25) is 0 Å². The summed E-state index contributed by atoms with van der Waals surface area (Å²) in [4.78, 5) is 12.7. The van der Waals surface area contributed by atoms with Crippen LogP contribution in [0.2, 0.25) is 0 Å². The van der Waals surface area contributed by atoms with Crippen molar-refractivity contribution in [3.63, 3.8) is 0 Å². The molecule has 1 aliphatic heterocycles. The van der Waals surface area contributed by atoms with Crippen LogP contribution in [0.25, 0.3) is 22.0 Å². The zero-order valence-electron chi connectivity index (χ0n) is 18.7. The predicted octanol–water partition coefficient (Wildman–Crippen LogP) is 5.00. The summed E-state index contributed by atoms with van der Waals surface area (Å²) >= 11 is 0. The fourth-order valence-corrected chi connectivity index (χ4v) is 4.20. The number of amides is 1. The number of carbonyl (C=O) groups is 1. The van der Waals surface area contributed by atoms with Crippen LogP contribution in [0.4, 0.5) is 9.18 Å². The lowest BCUT2D eigenvalue weighted by Gasteiger charge is -2.32. The Morgan fingerprint density at radius 1 is 1.06 bits per heavy atom. The lowest BCUT2D eigenvalue weighted by Crippen LogP contribution is -2.41. The van der Waals surface area contributed by atoms with Gasteiger partial charge in [-0.25, -0.2) is 9.18 Å². The van der Waals surface area contributed by atoms with Crippen LogP contribution in [0.3, 0.4) is 0 Å². The van der Waals surface area contributed by atoms with Gasteiger partial charge in [0.25, 0.3) is 0 Å². The largest absolute Gasteiger partial charge is 0.444 e. The number of benzene rings is 2. The van der Waals surface area contributed by atoms with E-state index in [0.29, 0.717) is 5.69 Å². The summed E-state index contributed by atoms with van der Waals surface area (Å²) in [6.45, 7) is 7.31. The molecule has 1 saturated heterocycles. The molecule has 4 rings (SSSR count). The fraction of sp³-hybridized carbons (Fsp3) is 0.400. The van der Waals surface area contributed by atoms with Gasteiger partial charge in [-0.3, -0.25) is 0 Å². The van der Waals surface area contributed by atoms with Crippen molar-refractivity contribution in [3.8, 4) is 11.3 Å². The van der Waals surface area contributed by atoms with Gasteiger partial charge in [0.1, 0.15) is 17.1 Å². The number of ether oxygens (including phenoxy) is 1. The lowest BCUT2D eigenvalue weighted by atomic mass is 9.86. The van der Waals surface area contributed by atoms with E-state index < -0.39 is 11.7 Å². The summed E-state index contributed by atoms with van der Waals surface area (Å²) in [5, 5.41) is 17.4. The molecule has 32 heavy (non-hydrogen) atoms. The molecule has 3 aromatic rings. The number of piperidine rings is 1. The Labute approximate surface area is 187 Å². The third-order valence-electron chi connectivity index (χ3n) is 5.66. The molecule has 2 N–H and O–H groups in total. The molecular weight excluding hydrogens is 407 g/mol. The predicted molar refractivity (Wildman–Crippen MR) is 123 cm³/mol. The standard InChI is InChI=1S/C25H29FN4O2/c1-25(2,3)32-24(31)28-22(17-12-14-27-15-13-17)23-20-7-5-4-6-19(20)21(29-30-23)16-8-10-18(26)11-9-16/h4-11,17,22,27H,12-15H2,1-3H3,(H,28,31). The highest BCUT2D eigenvalue weighted by Crippen LogP contribution is 2.35. The minimum absolute atomic E-state index is 0.207. The Morgan fingerprint density at radius 3 is 2.38 bits per heavy atom. The topological polar surface area (TPSA) is 76.1 Å². The van der Waals surface area contributed by atoms with E-state index in [0.717, 1.165) is 48.0 Å². The number of aromatic nitrogens is 2. The first-order chi connectivity index (χ1) is 15.3. The zero-order chi connectivity index (χ0) is 22.7. The van der Waals surface area contributed by atoms with Crippen LogP contribution < -0.4 is 10.6 Å². The summed E-state index contributed by atoms with van der Waals surface area (Å²) < 4.78 is 19.0. The van der Waals surface area contributed by atoms with E-state index in [1.807, 2.05) is 45.0 Å². The number of hydrogen-bond acceptors (Lipinski definition) is 5. The number of alkyl carbamates (subject to hydrolysis) is 1. The first kappa shape index (κ1) is 22.1. The highest BCUT2D eigenvalue weighted by Gasteiger charge is 2.31. The highest BCUT2D eigenvalue weighted by atomic mass is 19.1. The van der Waals surface area contributed by atoms with Gasteiger partial charge in [0.05, 0.1) is 11.7 Å². The van der Waals surface area contributed by atoms with Gasteiger partial charge < -0.3 is 15.4 Å². The second-order valence-corrected chi connectivity index (χ2v) is 9.20. The van der Waals surface area contributed by atoms with E-state index in [9.17, 15) is 9.18 Å². The van der Waals surface area contributed by atoms with Crippen LogP contribution in [-0.4, -0.2) is 35.0 Å². The average Bonchev–Trinajstić information content (AvgIpc) is 2.77. The summed E-state index contributed by atoms with van der Waals surface area (Å²) in [5.74, 6) is -0.0895. The van der Waals surface area contributed by atoms with E-state index in [1.54, 1.807) is 12.1 Å². The molecule has 2 aromatic carbocycles. The van der Waals surface area contributed by atoms with Crippen LogP contribution in [0.15, 0.2) is 48.5 Å². The Morgan fingerprint density at radius 2 is 1.72 bits per heavy atom. The quantitative estimate of drug-likeness (QED) is 0.602. The van der Waals surface area contributed by atoms with Crippen molar-refractivity contribution in [1.82, 2.24) is 20.8 Å². The number of nitrogens with one attached hydrogen (secondary N) is 2. The summed E-state index contributed by atoms with van der Waals surface area (Å²) in [6.07, 6.45) is 1.36.